The van der Waals surface area contributed by atoms with Crippen molar-refractivity contribution in [3.05, 3.63) is 35.9 Å². The smallest absolute Gasteiger partial charge is 0.407 e. The summed E-state index contributed by atoms with van der Waals surface area (Å²) in [5.41, 5.74) is 0.938. The molecule has 1 rings (SSSR count). The highest BCUT2D eigenvalue weighted by atomic mass is 16.6. The van der Waals surface area contributed by atoms with E-state index in [1.54, 1.807) is 0 Å². The molecule has 0 saturated heterocycles. The van der Waals surface area contributed by atoms with Gasteiger partial charge in [0, 0.05) is 13.0 Å². The lowest BCUT2D eigenvalue weighted by atomic mass is 10.1. The van der Waals surface area contributed by atoms with E-state index in [0.717, 1.165) is 18.4 Å². The average molecular weight is 686 g/mol. The van der Waals surface area contributed by atoms with Crippen LogP contribution in [0.2, 0.25) is 0 Å². The third kappa shape index (κ3) is 32.2. The number of alkyl carbamates (subject to hydrolysis) is 1. The largest absolute Gasteiger partial charge is 0.463 e. The van der Waals surface area contributed by atoms with Crippen molar-refractivity contribution in [3.8, 4) is 0 Å². The first-order valence-electron chi connectivity index (χ1n) is 17.9. The van der Waals surface area contributed by atoms with Crippen LogP contribution in [-0.2, 0) is 54.0 Å². The van der Waals surface area contributed by atoms with E-state index < -0.39 is 6.09 Å². The third-order valence-electron chi connectivity index (χ3n) is 6.94. The molecule has 1 aromatic carbocycles. The number of carbonyl (C=O) groups excluding carboxylic acids is 2. The number of hydrogen-bond donors (Lipinski definition) is 1. The van der Waals surface area contributed by atoms with Gasteiger partial charge in [-0.25, -0.2) is 4.79 Å². The minimum Gasteiger partial charge on any atom is -0.463 e. The molecule has 0 radical (unpaired) electrons. The number of esters is 1. The lowest BCUT2D eigenvalue weighted by Gasteiger charge is -2.09. The van der Waals surface area contributed by atoms with E-state index in [9.17, 15) is 9.59 Å². The highest BCUT2D eigenvalue weighted by Crippen LogP contribution is 2.10. The Hall–Kier alpha value is -2.32. The molecule has 0 fully saturated rings. The van der Waals surface area contributed by atoms with Gasteiger partial charge in [0.25, 0.3) is 0 Å². The number of benzene rings is 1. The summed E-state index contributed by atoms with van der Waals surface area (Å²) in [7, 11) is 0. The van der Waals surface area contributed by atoms with E-state index >= 15 is 0 Å². The van der Waals surface area contributed by atoms with Crippen molar-refractivity contribution >= 4 is 12.1 Å². The molecule has 0 aliphatic rings. The van der Waals surface area contributed by atoms with Gasteiger partial charge >= 0.3 is 12.1 Å². The maximum Gasteiger partial charge on any atom is 0.407 e. The van der Waals surface area contributed by atoms with E-state index in [0.29, 0.717) is 105 Å². The van der Waals surface area contributed by atoms with Crippen LogP contribution in [0, 0.1) is 0 Å². The zero-order valence-corrected chi connectivity index (χ0v) is 29.5. The summed E-state index contributed by atoms with van der Waals surface area (Å²) in [5, 5.41) is 2.64. The molecule has 0 aliphatic carbocycles. The first kappa shape index (κ1) is 43.7. The van der Waals surface area contributed by atoms with E-state index in [2.05, 4.69) is 12.2 Å². The van der Waals surface area contributed by atoms with Crippen LogP contribution < -0.4 is 5.32 Å². The molecule has 0 atom stereocenters. The van der Waals surface area contributed by atoms with Crippen molar-refractivity contribution in [2.24, 2.45) is 0 Å². The Kier molecular flexibility index (Phi) is 32.8. The molecule has 12 nitrogen and oxygen atoms in total. The van der Waals surface area contributed by atoms with Crippen LogP contribution in [0.15, 0.2) is 30.3 Å². The van der Waals surface area contributed by atoms with Gasteiger partial charge in [-0.2, -0.15) is 0 Å². The second-order valence-electron chi connectivity index (χ2n) is 11.1. The van der Waals surface area contributed by atoms with Gasteiger partial charge in [-0.1, -0.05) is 88.6 Å². The summed E-state index contributed by atoms with van der Waals surface area (Å²) in [6.07, 6.45) is 11.1. The van der Waals surface area contributed by atoms with Crippen LogP contribution in [0.3, 0.4) is 0 Å². The molecule has 0 spiro atoms. The SMILES string of the molecule is CCCCCCCCCCCC(=O)OCCOCCOCCOCCOCCOCCOCCOCCNC(=O)OCc1ccccc1. The van der Waals surface area contributed by atoms with Crippen LogP contribution >= 0.6 is 0 Å². The Morgan fingerprint density at radius 3 is 1.40 bits per heavy atom. The lowest BCUT2D eigenvalue weighted by Crippen LogP contribution is -2.28. The number of unbranched alkanes of at least 4 members (excludes halogenated alkanes) is 8. The lowest BCUT2D eigenvalue weighted by molar-refractivity contribution is -0.145. The first-order chi connectivity index (χ1) is 23.7. The molecule has 1 amide bonds. The van der Waals surface area contributed by atoms with E-state index in [1.165, 1.54) is 44.9 Å². The number of ether oxygens (including phenoxy) is 9. The van der Waals surface area contributed by atoms with Crippen molar-refractivity contribution in [3.63, 3.8) is 0 Å². The second kappa shape index (κ2) is 36.0. The van der Waals surface area contributed by atoms with Crippen molar-refractivity contribution < 1.29 is 52.2 Å². The van der Waals surface area contributed by atoms with Gasteiger partial charge in [-0.15, -0.1) is 0 Å². The Morgan fingerprint density at radius 2 is 0.917 bits per heavy atom. The summed E-state index contributed by atoms with van der Waals surface area (Å²) in [5.74, 6) is -0.141. The molecule has 0 saturated carbocycles. The van der Waals surface area contributed by atoms with Gasteiger partial charge in [-0.05, 0) is 12.0 Å². The number of carbonyl (C=O) groups is 2. The zero-order valence-electron chi connectivity index (χ0n) is 29.5. The summed E-state index contributed by atoms with van der Waals surface area (Å²) in [6, 6.07) is 9.51. The Morgan fingerprint density at radius 1 is 0.500 bits per heavy atom. The Labute approximate surface area is 288 Å². The maximum absolute atomic E-state index is 11.8. The third-order valence-corrected chi connectivity index (χ3v) is 6.94. The van der Waals surface area contributed by atoms with Crippen molar-refractivity contribution in [2.75, 3.05) is 106 Å². The van der Waals surface area contributed by atoms with Crippen LogP contribution in [0.5, 0.6) is 0 Å². The fraction of sp³-hybridized carbons (Fsp3) is 0.778. The van der Waals surface area contributed by atoms with Gasteiger partial charge in [0.05, 0.1) is 92.5 Å². The standard InChI is InChI=1S/C36H63NO11/c1-2-3-4-5-6-7-8-9-13-16-35(38)47-32-31-46-30-29-45-28-27-44-26-25-43-24-23-42-22-21-41-20-19-40-18-17-37-36(39)48-33-34-14-11-10-12-15-34/h10-12,14-15H,2-9,13,16-33H2,1H3,(H,37,39). The van der Waals surface area contributed by atoms with E-state index in [-0.39, 0.29) is 19.2 Å². The van der Waals surface area contributed by atoms with Gasteiger partial charge in [0.1, 0.15) is 13.2 Å². The predicted octanol–water partition coefficient (Wildman–Crippen LogP) is 5.49. The number of hydrogen-bond acceptors (Lipinski definition) is 11. The average Bonchev–Trinajstić information content (AvgIpc) is 3.10. The maximum atomic E-state index is 11.8. The quantitative estimate of drug-likeness (QED) is 0.0711. The molecular weight excluding hydrogens is 622 g/mol. The minimum absolute atomic E-state index is 0.141. The summed E-state index contributed by atoms with van der Waals surface area (Å²) < 4.78 is 48.5. The topological polar surface area (TPSA) is 129 Å². The molecule has 0 aromatic heterocycles. The molecule has 1 aromatic rings. The Balaban J connectivity index is 1.67. The number of rotatable bonds is 36. The molecule has 0 aliphatic heterocycles. The van der Waals surface area contributed by atoms with Crippen LogP contribution in [0.4, 0.5) is 4.79 Å². The van der Waals surface area contributed by atoms with E-state index in [1.807, 2.05) is 30.3 Å². The van der Waals surface area contributed by atoms with Gasteiger partial charge in [0.2, 0.25) is 0 Å². The van der Waals surface area contributed by atoms with Gasteiger partial charge < -0.3 is 47.9 Å². The number of nitrogens with one attached hydrogen (secondary N) is 1. The summed E-state index contributed by atoms with van der Waals surface area (Å²) >= 11 is 0. The fourth-order valence-corrected chi connectivity index (χ4v) is 4.29. The molecule has 0 unspecified atom stereocenters. The zero-order chi connectivity index (χ0) is 34.4. The molecule has 12 heteroatoms. The number of amides is 1. The van der Waals surface area contributed by atoms with Crippen LogP contribution in [-0.4, -0.2) is 118 Å². The molecule has 278 valence electrons. The normalized spacial score (nSPS) is 11.1. The van der Waals surface area contributed by atoms with Crippen molar-refractivity contribution in [1.82, 2.24) is 5.32 Å². The predicted molar refractivity (Wildman–Crippen MR) is 183 cm³/mol. The molecule has 0 heterocycles. The van der Waals surface area contributed by atoms with Crippen molar-refractivity contribution in [1.29, 1.82) is 0 Å². The molecule has 1 N–H and O–H groups in total. The Bertz CT molecular complexity index is 831. The second-order valence-corrected chi connectivity index (χ2v) is 11.1. The first-order valence-corrected chi connectivity index (χ1v) is 17.9. The molecule has 0 bridgehead atoms. The van der Waals surface area contributed by atoms with Crippen LogP contribution in [0.25, 0.3) is 0 Å². The van der Waals surface area contributed by atoms with Gasteiger partial charge in [-0.3, -0.25) is 4.79 Å². The summed E-state index contributed by atoms with van der Waals surface area (Å²) in [6.45, 7) is 9.50. The fourth-order valence-electron chi connectivity index (χ4n) is 4.29. The molecular formula is C36H63NO11. The molecule has 48 heavy (non-hydrogen) atoms. The monoisotopic (exact) mass is 685 g/mol. The van der Waals surface area contributed by atoms with Gasteiger partial charge in [0.15, 0.2) is 0 Å². The van der Waals surface area contributed by atoms with Crippen LogP contribution in [0.1, 0.15) is 76.7 Å². The van der Waals surface area contributed by atoms with Crippen molar-refractivity contribution in [2.45, 2.75) is 77.7 Å². The summed E-state index contributed by atoms with van der Waals surface area (Å²) in [4.78, 5) is 23.4. The minimum atomic E-state index is -0.469. The van der Waals surface area contributed by atoms with E-state index in [4.69, 9.17) is 42.6 Å². The highest BCUT2D eigenvalue weighted by Gasteiger charge is 2.03. The highest BCUT2D eigenvalue weighted by molar-refractivity contribution is 5.69.